The molecule has 1 amide bonds. The fraction of sp³-hybridized carbons (Fsp3) is 0.615. The normalized spacial score (nSPS) is 25.8. The van der Waals surface area contributed by atoms with Gasteiger partial charge in [0.2, 0.25) is 5.91 Å². The van der Waals surface area contributed by atoms with Crippen LogP contribution in [0.3, 0.4) is 0 Å². The van der Waals surface area contributed by atoms with Crippen molar-refractivity contribution in [1.82, 2.24) is 10.6 Å². The van der Waals surface area contributed by atoms with E-state index in [-0.39, 0.29) is 17.9 Å². The van der Waals surface area contributed by atoms with E-state index in [0.717, 1.165) is 13.1 Å². The first kappa shape index (κ1) is 12.6. The highest BCUT2D eigenvalue weighted by atomic mass is 32.1. The van der Waals surface area contributed by atoms with Crippen LogP contribution in [-0.2, 0) is 4.79 Å². The van der Waals surface area contributed by atoms with Gasteiger partial charge in [-0.2, -0.15) is 0 Å². The minimum atomic E-state index is 0.119. The van der Waals surface area contributed by atoms with Crippen molar-refractivity contribution in [3.63, 3.8) is 0 Å². The van der Waals surface area contributed by atoms with Gasteiger partial charge < -0.3 is 10.6 Å². The highest BCUT2D eigenvalue weighted by Crippen LogP contribution is 2.23. The third-order valence-electron chi connectivity index (χ3n) is 3.40. The molecule has 3 nitrogen and oxygen atoms in total. The van der Waals surface area contributed by atoms with Crippen molar-refractivity contribution in [1.29, 1.82) is 0 Å². The Hall–Kier alpha value is -0.870. The molecule has 2 N–H and O–H groups in total. The molecule has 1 saturated heterocycles. The minimum absolute atomic E-state index is 0.119. The highest BCUT2D eigenvalue weighted by Gasteiger charge is 2.30. The number of nitrogens with one attached hydrogen (secondary N) is 2. The Kier molecular flexibility index (Phi) is 3.84. The van der Waals surface area contributed by atoms with Crippen molar-refractivity contribution >= 4 is 17.2 Å². The molecule has 94 valence electrons. The molecule has 0 bridgehead atoms. The van der Waals surface area contributed by atoms with E-state index < -0.39 is 0 Å². The first-order valence-electron chi connectivity index (χ1n) is 6.15. The Morgan fingerprint density at radius 1 is 1.53 bits per heavy atom. The molecule has 1 aromatic rings. The number of amides is 1. The molecule has 0 spiro atoms. The Balaban J connectivity index is 1.94. The van der Waals surface area contributed by atoms with Crippen LogP contribution in [0.2, 0.25) is 0 Å². The molecule has 0 aliphatic carbocycles. The molecular formula is C13H20N2OS. The van der Waals surface area contributed by atoms with Crippen LogP contribution < -0.4 is 10.6 Å². The van der Waals surface area contributed by atoms with Crippen molar-refractivity contribution in [3.8, 4) is 0 Å². The summed E-state index contributed by atoms with van der Waals surface area (Å²) < 4.78 is 0. The van der Waals surface area contributed by atoms with E-state index in [2.05, 4.69) is 43.5 Å². The van der Waals surface area contributed by atoms with Gasteiger partial charge in [0.1, 0.15) is 0 Å². The summed E-state index contributed by atoms with van der Waals surface area (Å²) in [6.07, 6.45) is 0. The summed E-state index contributed by atoms with van der Waals surface area (Å²) in [4.78, 5) is 14.6. The van der Waals surface area contributed by atoms with Crippen LogP contribution in [-0.4, -0.2) is 19.0 Å². The number of aryl methyl sites for hydroxylation is 1. The van der Waals surface area contributed by atoms with Crippen molar-refractivity contribution in [2.75, 3.05) is 13.1 Å². The predicted molar refractivity (Wildman–Crippen MR) is 71.1 cm³/mol. The molecule has 1 fully saturated rings. The van der Waals surface area contributed by atoms with Crippen LogP contribution in [0.15, 0.2) is 12.1 Å². The third-order valence-corrected chi connectivity index (χ3v) is 4.58. The Morgan fingerprint density at radius 3 is 2.82 bits per heavy atom. The highest BCUT2D eigenvalue weighted by molar-refractivity contribution is 7.12. The summed E-state index contributed by atoms with van der Waals surface area (Å²) >= 11 is 1.75. The Morgan fingerprint density at radius 2 is 2.29 bits per heavy atom. The SMILES string of the molecule is Cc1ccc(C(C)NC(=O)[C@@H]2CNC[C@H]2C)s1. The maximum atomic E-state index is 12.1. The zero-order chi connectivity index (χ0) is 12.4. The molecule has 1 aliphatic heterocycles. The summed E-state index contributed by atoms with van der Waals surface area (Å²) in [7, 11) is 0. The Bertz CT molecular complexity index is 402. The standard InChI is InChI=1S/C13H20N2OS/c1-8-6-14-7-11(8)13(16)15-10(3)12-5-4-9(2)17-12/h4-5,8,10-11,14H,6-7H2,1-3H3,(H,15,16)/t8-,10?,11-/m1/s1. The molecule has 3 atom stereocenters. The van der Waals surface area contributed by atoms with Crippen LogP contribution in [0, 0.1) is 18.8 Å². The van der Waals surface area contributed by atoms with E-state index >= 15 is 0 Å². The van der Waals surface area contributed by atoms with E-state index in [1.54, 1.807) is 11.3 Å². The average Bonchev–Trinajstić information content (AvgIpc) is 2.86. The summed E-state index contributed by atoms with van der Waals surface area (Å²) in [6, 6.07) is 4.32. The summed E-state index contributed by atoms with van der Waals surface area (Å²) in [6.45, 7) is 8.03. The van der Waals surface area contributed by atoms with E-state index in [4.69, 9.17) is 0 Å². The van der Waals surface area contributed by atoms with Crippen LogP contribution in [0.1, 0.15) is 29.6 Å². The van der Waals surface area contributed by atoms with E-state index in [0.29, 0.717) is 5.92 Å². The zero-order valence-corrected chi connectivity index (χ0v) is 11.4. The van der Waals surface area contributed by atoms with Crippen LogP contribution in [0.5, 0.6) is 0 Å². The molecule has 4 heteroatoms. The number of thiophene rings is 1. The van der Waals surface area contributed by atoms with Gasteiger partial charge in [-0.1, -0.05) is 6.92 Å². The van der Waals surface area contributed by atoms with Gasteiger partial charge in [-0.25, -0.2) is 0 Å². The van der Waals surface area contributed by atoms with Gasteiger partial charge in [-0.05, 0) is 38.4 Å². The first-order valence-corrected chi connectivity index (χ1v) is 6.97. The predicted octanol–water partition coefficient (Wildman–Crippen LogP) is 2.09. The van der Waals surface area contributed by atoms with Gasteiger partial charge in [-0.15, -0.1) is 11.3 Å². The van der Waals surface area contributed by atoms with Gasteiger partial charge in [0, 0.05) is 16.3 Å². The molecule has 2 rings (SSSR count). The number of rotatable bonds is 3. The van der Waals surface area contributed by atoms with Crippen LogP contribution >= 0.6 is 11.3 Å². The second-order valence-corrected chi connectivity index (χ2v) is 6.24. The average molecular weight is 252 g/mol. The molecule has 0 radical (unpaired) electrons. The number of hydrogen-bond donors (Lipinski definition) is 2. The number of carbonyl (C=O) groups is 1. The summed E-state index contributed by atoms with van der Waals surface area (Å²) in [5, 5.41) is 6.38. The van der Waals surface area contributed by atoms with Crippen molar-refractivity contribution in [2.24, 2.45) is 11.8 Å². The van der Waals surface area contributed by atoms with Gasteiger partial charge >= 0.3 is 0 Å². The lowest BCUT2D eigenvalue weighted by Crippen LogP contribution is -2.35. The molecule has 1 aromatic heterocycles. The molecule has 0 saturated carbocycles. The lowest BCUT2D eigenvalue weighted by molar-refractivity contribution is -0.126. The Labute approximate surface area is 107 Å². The first-order chi connectivity index (χ1) is 8.08. The van der Waals surface area contributed by atoms with E-state index in [9.17, 15) is 4.79 Å². The van der Waals surface area contributed by atoms with Gasteiger partial charge in [0.05, 0.1) is 12.0 Å². The monoisotopic (exact) mass is 252 g/mol. The van der Waals surface area contributed by atoms with Crippen molar-refractivity contribution in [2.45, 2.75) is 26.8 Å². The topological polar surface area (TPSA) is 41.1 Å². The molecule has 17 heavy (non-hydrogen) atoms. The van der Waals surface area contributed by atoms with Crippen LogP contribution in [0.4, 0.5) is 0 Å². The quantitative estimate of drug-likeness (QED) is 0.865. The number of hydrogen-bond acceptors (Lipinski definition) is 3. The smallest absolute Gasteiger partial charge is 0.225 e. The molecule has 2 heterocycles. The van der Waals surface area contributed by atoms with E-state index in [1.165, 1.54) is 9.75 Å². The second kappa shape index (κ2) is 5.19. The van der Waals surface area contributed by atoms with E-state index in [1.807, 2.05) is 0 Å². The molecule has 0 aromatic carbocycles. The summed E-state index contributed by atoms with van der Waals surface area (Å²) in [5.41, 5.74) is 0. The fourth-order valence-electron chi connectivity index (χ4n) is 2.24. The van der Waals surface area contributed by atoms with Gasteiger partial charge in [0.25, 0.3) is 0 Å². The largest absolute Gasteiger partial charge is 0.348 e. The molecule has 1 aliphatic rings. The third kappa shape index (κ3) is 2.87. The lowest BCUT2D eigenvalue weighted by atomic mass is 9.97. The van der Waals surface area contributed by atoms with Gasteiger partial charge in [0.15, 0.2) is 0 Å². The zero-order valence-electron chi connectivity index (χ0n) is 10.6. The lowest BCUT2D eigenvalue weighted by Gasteiger charge is -2.18. The maximum Gasteiger partial charge on any atom is 0.225 e. The fourth-order valence-corrected chi connectivity index (χ4v) is 3.12. The van der Waals surface area contributed by atoms with Gasteiger partial charge in [-0.3, -0.25) is 4.79 Å². The molecular weight excluding hydrogens is 232 g/mol. The second-order valence-electron chi connectivity index (χ2n) is 4.92. The summed E-state index contributed by atoms with van der Waals surface area (Å²) in [5.74, 6) is 0.742. The number of carbonyl (C=O) groups excluding carboxylic acids is 1. The minimum Gasteiger partial charge on any atom is -0.348 e. The van der Waals surface area contributed by atoms with Crippen molar-refractivity contribution in [3.05, 3.63) is 21.9 Å². The van der Waals surface area contributed by atoms with Crippen LogP contribution in [0.25, 0.3) is 0 Å². The maximum absolute atomic E-state index is 12.1. The van der Waals surface area contributed by atoms with Crippen molar-refractivity contribution < 1.29 is 4.79 Å². The molecule has 1 unspecified atom stereocenters.